The summed E-state index contributed by atoms with van der Waals surface area (Å²) < 4.78 is 5.28. The molecule has 1 saturated heterocycles. The third-order valence-corrected chi connectivity index (χ3v) is 2.59. The zero-order valence-corrected chi connectivity index (χ0v) is 7.88. The summed E-state index contributed by atoms with van der Waals surface area (Å²) in [6, 6.07) is 0.264. The lowest BCUT2D eigenvalue weighted by Gasteiger charge is -2.17. The van der Waals surface area contributed by atoms with Gasteiger partial charge in [-0.2, -0.15) is 0 Å². The van der Waals surface area contributed by atoms with E-state index in [9.17, 15) is 0 Å². The zero-order chi connectivity index (χ0) is 8.97. The first kappa shape index (κ1) is 9.75. The van der Waals surface area contributed by atoms with Crippen molar-refractivity contribution in [3.63, 3.8) is 0 Å². The van der Waals surface area contributed by atoms with Gasteiger partial charge in [0, 0.05) is 12.6 Å². The van der Waals surface area contributed by atoms with Crippen LogP contribution in [0.5, 0.6) is 0 Å². The predicted octanol–water partition coefficient (Wildman–Crippen LogP) is 1.71. The van der Waals surface area contributed by atoms with Crippen LogP contribution in [0.4, 0.5) is 0 Å². The van der Waals surface area contributed by atoms with E-state index in [-0.39, 0.29) is 6.04 Å². The van der Waals surface area contributed by atoms with Crippen LogP contribution in [0, 0.1) is 5.92 Å². The molecule has 0 bridgehead atoms. The molecule has 0 aliphatic carbocycles. The summed E-state index contributed by atoms with van der Waals surface area (Å²) in [4.78, 5) is 0. The van der Waals surface area contributed by atoms with E-state index >= 15 is 0 Å². The van der Waals surface area contributed by atoms with Crippen LogP contribution in [0.3, 0.4) is 0 Å². The summed E-state index contributed by atoms with van der Waals surface area (Å²) in [6.07, 6.45) is 3.13. The normalized spacial score (nSPS) is 25.7. The van der Waals surface area contributed by atoms with Crippen LogP contribution < -0.4 is 5.73 Å². The Kier molecular flexibility index (Phi) is 3.76. The average molecular weight is 169 g/mol. The van der Waals surface area contributed by atoms with E-state index in [4.69, 9.17) is 10.5 Å². The molecule has 0 amide bonds. The molecule has 70 valence electrons. The van der Waals surface area contributed by atoms with E-state index in [1.807, 2.05) is 0 Å². The molecule has 0 saturated carbocycles. The van der Waals surface area contributed by atoms with Crippen LogP contribution in [0.2, 0.25) is 0 Å². The quantitative estimate of drug-likeness (QED) is 0.650. The van der Waals surface area contributed by atoms with Crippen molar-refractivity contribution in [1.82, 2.24) is 0 Å². The lowest BCUT2D eigenvalue weighted by molar-refractivity contribution is 0.180. The number of hydrogen-bond donors (Lipinski definition) is 1. The van der Waals surface area contributed by atoms with Crippen LogP contribution >= 0.6 is 0 Å². The Balaban J connectivity index is 2.26. The van der Waals surface area contributed by atoms with Gasteiger partial charge in [-0.05, 0) is 25.2 Å². The highest BCUT2D eigenvalue weighted by Crippen LogP contribution is 2.20. The molecule has 0 aromatic heterocycles. The standard InChI is InChI=1S/C10H19NO/c1-3-8(2)6-10(11)9-4-5-12-7-9/h9-10H,2-7,11H2,1H3. The summed E-state index contributed by atoms with van der Waals surface area (Å²) in [5.74, 6) is 0.563. The van der Waals surface area contributed by atoms with Crippen molar-refractivity contribution < 1.29 is 4.74 Å². The monoisotopic (exact) mass is 169 g/mol. The van der Waals surface area contributed by atoms with Gasteiger partial charge in [0.25, 0.3) is 0 Å². The summed E-state index contributed by atoms with van der Waals surface area (Å²) in [7, 11) is 0. The smallest absolute Gasteiger partial charge is 0.0510 e. The van der Waals surface area contributed by atoms with E-state index in [1.165, 1.54) is 5.57 Å². The van der Waals surface area contributed by atoms with Crippen LogP contribution in [-0.2, 0) is 4.74 Å². The van der Waals surface area contributed by atoms with Crippen molar-refractivity contribution in [3.8, 4) is 0 Å². The van der Waals surface area contributed by atoms with Crippen LogP contribution in [-0.4, -0.2) is 19.3 Å². The maximum atomic E-state index is 6.01. The highest BCUT2D eigenvalue weighted by Gasteiger charge is 2.22. The molecule has 2 unspecified atom stereocenters. The van der Waals surface area contributed by atoms with Gasteiger partial charge in [-0.1, -0.05) is 19.1 Å². The van der Waals surface area contributed by atoms with Crippen molar-refractivity contribution in [3.05, 3.63) is 12.2 Å². The number of rotatable bonds is 4. The fourth-order valence-corrected chi connectivity index (χ4v) is 1.53. The zero-order valence-electron chi connectivity index (χ0n) is 7.88. The Labute approximate surface area is 74.8 Å². The van der Waals surface area contributed by atoms with Crippen LogP contribution in [0.1, 0.15) is 26.2 Å². The lowest BCUT2D eigenvalue weighted by Crippen LogP contribution is -2.30. The second-order valence-electron chi connectivity index (χ2n) is 3.60. The molecular weight excluding hydrogens is 150 g/mol. The molecule has 1 aliphatic heterocycles. The van der Waals surface area contributed by atoms with E-state index in [1.54, 1.807) is 0 Å². The van der Waals surface area contributed by atoms with Crippen molar-refractivity contribution >= 4 is 0 Å². The summed E-state index contributed by atoms with van der Waals surface area (Å²) >= 11 is 0. The Bertz CT molecular complexity index is 150. The van der Waals surface area contributed by atoms with Gasteiger partial charge >= 0.3 is 0 Å². The third kappa shape index (κ3) is 2.61. The second-order valence-corrected chi connectivity index (χ2v) is 3.60. The van der Waals surface area contributed by atoms with Gasteiger partial charge in [0.2, 0.25) is 0 Å². The van der Waals surface area contributed by atoms with Gasteiger partial charge in [-0.15, -0.1) is 0 Å². The van der Waals surface area contributed by atoms with Gasteiger partial charge in [-0.25, -0.2) is 0 Å². The molecule has 1 fully saturated rings. The topological polar surface area (TPSA) is 35.2 Å². The molecule has 2 heteroatoms. The molecule has 0 aromatic carbocycles. The highest BCUT2D eigenvalue weighted by atomic mass is 16.5. The molecule has 12 heavy (non-hydrogen) atoms. The second kappa shape index (κ2) is 4.63. The van der Waals surface area contributed by atoms with Crippen molar-refractivity contribution in [1.29, 1.82) is 0 Å². The first-order valence-corrected chi connectivity index (χ1v) is 4.74. The van der Waals surface area contributed by atoms with Crippen LogP contribution in [0.15, 0.2) is 12.2 Å². The molecule has 2 nitrogen and oxygen atoms in total. The SMILES string of the molecule is C=C(CC)CC(N)C1CCOC1. The molecule has 2 atom stereocenters. The van der Waals surface area contributed by atoms with Crippen LogP contribution in [0.25, 0.3) is 0 Å². The lowest BCUT2D eigenvalue weighted by atomic mass is 9.93. The Morgan fingerprint density at radius 1 is 1.75 bits per heavy atom. The maximum Gasteiger partial charge on any atom is 0.0510 e. The van der Waals surface area contributed by atoms with E-state index < -0.39 is 0 Å². The Hall–Kier alpha value is -0.340. The van der Waals surface area contributed by atoms with E-state index in [0.29, 0.717) is 5.92 Å². The number of nitrogens with two attached hydrogens (primary N) is 1. The molecule has 0 spiro atoms. The average Bonchev–Trinajstić information content (AvgIpc) is 2.56. The van der Waals surface area contributed by atoms with Gasteiger partial charge in [0.05, 0.1) is 6.61 Å². The first-order valence-electron chi connectivity index (χ1n) is 4.74. The summed E-state index contributed by atoms with van der Waals surface area (Å²) in [6.45, 7) is 7.82. The van der Waals surface area contributed by atoms with E-state index in [0.717, 1.165) is 32.5 Å². The fourth-order valence-electron chi connectivity index (χ4n) is 1.53. The fraction of sp³-hybridized carbons (Fsp3) is 0.800. The third-order valence-electron chi connectivity index (χ3n) is 2.59. The molecule has 1 rings (SSSR count). The Morgan fingerprint density at radius 2 is 2.50 bits per heavy atom. The van der Waals surface area contributed by atoms with Gasteiger partial charge in [0.15, 0.2) is 0 Å². The minimum atomic E-state index is 0.264. The minimum absolute atomic E-state index is 0.264. The first-order chi connectivity index (χ1) is 5.74. The highest BCUT2D eigenvalue weighted by molar-refractivity contribution is 4.97. The summed E-state index contributed by atoms with van der Waals surface area (Å²) in [5, 5.41) is 0. The molecule has 1 heterocycles. The molecule has 1 aliphatic rings. The maximum absolute atomic E-state index is 6.01. The molecular formula is C10H19NO. The number of ether oxygens (including phenoxy) is 1. The molecule has 0 radical (unpaired) electrons. The predicted molar refractivity (Wildman–Crippen MR) is 50.9 cm³/mol. The Morgan fingerprint density at radius 3 is 3.00 bits per heavy atom. The minimum Gasteiger partial charge on any atom is -0.381 e. The van der Waals surface area contributed by atoms with Gasteiger partial charge in [-0.3, -0.25) is 0 Å². The van der Waals surface area contributed by atoms with Crippen molar-refractivity contribution in [2.24, 2.45) is 11.7 Å². The molecule has 0 aromatic rings. The number of hydrogen-bond acceptors (Lipinski definition) is 2. The van der Waals surface area contributed by atoms with Gasteiger partial charge < -0.3 is 10.5 Å². The van der Waals surface area contributed by atoms with Crippen molar-refractivity contribution in [2.75, 3.05) is 13.2 Å². The van der Waals surface area contributed by atoms with Crippen molar-refractivity contribution in [2.45, 2.75) is 32.2 Å². The summed E-state index contributed by atoms with van der Waals surface area (Å²) in [5.41, 5.74) is 7.27. The van der Waals surface area contributed by atoms with Gasteiger partial charge in [0.1, 0.15) is 0 Å². The largest absolute Gasteiger partial charge is 0.381 e. The van der Waals surface area contributed by atoms with E-state index in [2.05, 4.69) is 13.5 Å². The molecule has 2 N–H and O–H groups in total.